The lowest BCUT2D eigenvalue weighted by molar-refractivity contribution is 0.0791. The van der Waals surface area contributed by atoms with Crippen LogP contribution in [0.25, 0.3) is 0 Å². The lowest BCUT2D eigenvalue weighted by Gasteiger charge is -2.42. The minimum absolute atomic E-state index is 0.336. The van der Waals surface area contributed by atoms with Crippen LogP contribution in [0.15, 0.2) is 10.5 Å². The molecule has 5 heteroatoms. The van der Waals surface area contributed by atoms with Crippen LogP contribution in [0, 0.1) is 5.41 Å². The molecule has 0 radical (unpaired) electrons. The highest BCUT2D eigenvalue weighted by Crippen LogP contribution is 2.47. The van der Waals surface area contributed by atoms with Crippen LogP contribution in [0.4, 0.5) is 0 Å². The van der Waals surface area contributed by atoms with E-state index in [-0.39, 0.29) is 0 Å². The number of nitrogens with zero attached hydrogens (tertiary/aromatic N) is 1. The van der Waals surface area contributed by atoms with Crippen molar-refractivity contribution in [2.75, 3.05) is 19.6 Å². The third kappa shape index (κ3) is 2.95. The maximum absolute atomic E-state index is 6.18. The Hall–Kier alpha value is 0.390. The van der Waals surface area contributed by atoms with Gasteiger partial charge < -0.3 is 5.73 Å². The van der Waals surface area contributed by atoms with Gasteiger partial charge in [0.1, 0.15) is 4.34 Å². The van der Waals surface area contributed by atoms with Crippen LogP contribution in [0.2, 0.25) is 4.34 Å². The molecule has 1 aliphatic heterocycles. The molecule has 20 heavy (non-hydrogen) atoms. The summed E-state index contributed by atoms with van der Waals surface area (Å²) in [5.41, 5.74) is 6.72. The van der Waals surface area contributed by atoms with Crippen molar-refractivity contribution in [1.29, 1.82) is 0 Å². The Morgan fingerprint density at radius 2 is 1.95 bits per heavy atom. The second-order valence-electron chi connectivity index (χ2n) is 6.26. The van der Waals surface area contributed by atoms with E-state index in [9.17, 15) is 0 Å². The standard InChI is InChI=1S/C15H22BrClN2S/c16-11-9-13(20-14(11)17)12(10-18)19-7-5-15(6-8-19)3-1-2-4-15/h9,12H,1-8,10,18H2. The van der Waals surface area contributed by atoms with E-state index >= 15 is 0 Å². The van der Waals surface area contributed by atoms with Crippen LogP contribution >= 0.6 is 38.9 Å². The van der Waals surface area contributed by atoms with E-state index in [1.165, 1.54) is 56.5 Å². The van der Waals surface area contributed by atoms with Crippen LogP contribution in [-0.2, 0) is 0 Å². The van der Waals surface area contributed by atoms with Gasteiger partial charge in [0.15, 0.2) is 0 Å². The lowest BCUT2D eigenvalue weighted by atomic mass is 9.77. The van der Waals surface area contributed by atoms with Crippen LogP contribution in [0.5, 0.6) is 0 Å². The summed E-state index contributed by atoms with van der Waals surface area (Å²) in [4.78, 5) is 3.87. The molecule has 2 fully saturated rings. The van der Waals surface area contributed by atoms with Crippen LogP contribution in [-0.4, -0.2) is 24.5 Å². The van der Waals surface area contributed by atoms with E-state index in [0.717, 1.165) is 8.81 Å². The van der Waals surface area contributed by atoms with E-state index in [2.05, 4.69) is 26.9 Å². The Labute approximate surface area is 138 Å². The molecule has 1 aromatic heterocycles. The second-order valence-corrected chi connectivity index (χ2v) is 8.81. The maximum Gasteiger partial charge on any atom is 0.107 e. The molecule has 1 saturated carbocycles. The fraction of sp³-hybridized carbons (Fsp3) is 0.733. The van der Waals surface area contributed by atoms with Crippen molar-refractivity contribution >= 4 is 38.9 Å². The van der Waals surface area contributed by atoms with Gasteiger partial charge in [-0.05, 0) is 66.2 Å². The number of thiophene rings is 1. The van der Waals surface area contributed by atoms with Crippen molar-refractivity contribution in [3.05, 3.63) is 19.8 Å². The molecule has 1 aliphatic carbocycles. The Morgan fingerprint density at radius 1 is 1.30 bits per heavy atom. The molecule has 1 aromatic rings. The summed E-state index contributed by atoms with van der Waals surface area (Å²) in [7, 11) is 0. The molecule has 0 bridgehead atoms. The number of hydrogen-bond donors (Lipinski definition) is 1. The summed E-state index contributed by atoms with van der Waals surface area (Å²) in [5.74, 6) is 0. The van der Waals surface area contributed by atoms with Gasteiger partial charge in [0.25, 0.3) is 0 Å². The Morgan fingerprint density at radius 3 is 2.45 bits per heavy atom. The number of nitrogens with two attached hydrogens (primary N) is 1. The number of likely N-dealkylation sites (tertiary alicyclic amines) is 1. The van der Waals surface area contributed by atoms with Crippen molar-refractivity contribution in [3.63, 3.8) is 0 Å². The zero-order chi connectivity index (χ0) is 14.2. The van der Waals surface area contributed by atoms with Gasteiger partial charge in [0.05, 0.1) is 6.04 Å². The number of halogens is 2. The largest absolute Gasteiger partial charge is 0.329 e. The van der Waals surface area contributed by atoms with E-state index in [1.54, 1.807) is 11.3 Å². The number of rotatable bonds is 3. The molecule has 1 atom stereocenters. The van der Waals surface area contributed by atoms with Gasteiger partial charge in [0.2, 0.25) is 0 Å². The Kier molecular flexibility index (Phi) is 4.78. The highest BCUT2D eigenvalue weighted by atomic mass is 79.9. The third-order valence-corrected chi connectivity index (χ3v) is 7.76. The van der Waals surface area contributed by atoms with Crippen molar-refractivity contribution < 1.29 is 0 Å². The topological polar surface area (TPSA) is 29.3 Å². The van der Waals surface area contributed by atoms with Gasteiger partial charge in [0, 0.05) is 15.9 Å². The molecular formula is C15H22BrClN2S. The molecular weight excluding hydrogens is 356 g/mol. The molecule has 0 amide bonds. The van der Waals surface area contributed by atoms with Gasteiger partial charge in [-0.1, -0.05) is 24.4 Å². The molecule has 2 aliphatic rings. The predicted octanol–water partition coefficient (Wildman–Crippen LogP) is 4.82. The number of hydrogen-bond acceptors (Lipinski definition) is 3. The molecule has 1 spiro atoms. The zero-order valence-corrected chi connectivity index (χ0v) is 14.9. The quantitative estimate of drug-likeness (QED) is 0.818. The van der Waals surface area contributed by atoms with Crippen LogP contribution < -0.4 is 5.73 Å². The summed E-state index contributed by atoms with van der Waals surface area (Å²) in [5, 5.41) is 0. The highest BCUT2D eigenvalue weighted by Gasteiger charge is 2.38. The van der Waals surface area contributed by atoms with E-state index in [0.29, 0.717) is 18.0 Å². The minimum atomic E-state index is 0.336. The molecule has 2 N–H and O–H groups in total. The lowest BCUT2D eigenvalue weighted by Crippen LogP contribution is -2.42. The first-order valence-electron chi connectivity index (χ1n) is 7.52. The van der Waals surface area contributed by atoms with Gasteiger partial charge in [-0.2, -0.15) is 0 Å². The monoisotopic (exact) mass is 376 g/mol. The minimum Gasteiger partial charge on any atom is -0.329 e. The summed E-state index contributed by atoms with van der Waals surface area (Å²) in [6.07, 6.45) is 8.48. The van der Waals surface area contributed by atoms with Crippen LogP contribution in [0.3, 0.4) is 0 Å². The molecule has 2 nitrogen and oxygen atoms in total. The van der Waals surface area contributed by atoms with Gasteiger partial charge in [-0.25, -0.2) is 0 Å². The van der Waals surface area contributed by atoms with Crippen molar-refractivity contribution in [2.24, 2.45) is 11.1 Å². The van der Waals surface area contributed by atoms with E-state index < -0.39 is 0 Å². The van der Waals surface area contributed by atoms with E-state index in [1.807, 2.05) is 0 Å². The SMILES string of the molecule is NCC(c1cc(Br)c(Cl)s1)N1CCC2(CCCC2)CC1. The molecule has 112 valence electrons. The van der Waals surface area contributed by atoms with Gasteiger partial charge in [-0.15, -0.1) is 11.3 Å². The third-order valence-electron chi connectivity index (χ3n) is 5.18. The fourth-order valence-electron chi connectivity index (χ4n) is 3.91. The summed E-state index contributed by atoms with van der Waals surface area (Å²) in [6, 6.07) is 2.48. The average molecular weight is 378 g/mol. The van der Waals surface area contributed by atoms with E-state index in [4.69, 9.17) is 17.3 Å². The first-order valence-corrected chi connectivity index (χ1v) is 9.51. The van der Waals surface area contributed by atoms with Gasteiger partial charge in [-0.3, -0.25) is 4.90 Å². The van der Waals surface area contributed by atoms with Crippen molar-refractivity contribution in [1.82, 2.24) is 4.90 Å². The normalized spacial score (nSPS) is 24.4. The highest BCUT2D eigenvalue weighted by molar-refractivity contribution is 9.10. The summed E-state index contributed by atoms with van der Waals surface area (Å²) < 4.78 is 1.84. The second kappa shape index (κ2) is 6.25. The Bertz CT molecular complexity index is 441. The zero-order valence-electron chi connectivity index (χ0n) is 11.7. The Balaban J connectivity index is 1.68. The average Bonchev–Trinajstić information content (AvgIpc) is 3.02. The first-order chi connectivity index (χ1) is 9.63. The summed E-state index contributed by atoms with van der Waals surface area (Å²) in [6.45, 7) is 3.06. The molecule has 2 heterocycles. The van der Waals surface area contributed by atoms with Crippen molar-refractivity contribution in [3.8, 4) is 0 Å². The molecule has 3 rings (SSSR count). The maximum atomic E-state index is 6.18. The molecule has 1 unspecified atom stereocenters. The van der Waals surface area contributed by atoms with Gasteiger partial charge >= 0.3 is 0 Å². The van der Waals surface area contributed by atoms with Crippen LogP contribution in [0.1, 0.15) is 49.4 Å². The smallest absolute Gasteiger partial charge is 0.107 e. The summed E-state index contributed by atoms with van der Waals surface area (Å²) >= 11 is 11.3. The number of piperidine rings is 1. The fourth-order valence-corrected chi connectivity index (χ4v) is 5.79. The predicted molar refractivity (Wildman–Crippen MR) is 90.5 cm³/mol. The first kappa shape index (κ1) is 15.3. The molecule has 1 saturated heterocycles. The molecule has 0 aromatic carbocycles. The van der Waals surface area contributed by atoms with Crippen molar-refractivity contribution in [2.45, 2.75) is 44.6 Å².